The fourth-order valence-electron chi connectivity index (χ4n) is 2.32. The van der Waals surface area contributed by atoms with Crippen LogP contribution in [0.15, 0.2) is 47.8 Å². The van der Waals surface area contributed by atoms with Crippen molar-refractivity contribution in [3.63, 3.8) is 0 Å². The highest BCUT2D eigenvalue weighted by atomic mass is 32.1. The zero-order valence-electron chi connectivity index (χ0n) is 11.5. The molecule has 0 unspecified atom stereocenters. The van der Waals surface area contributed by atoms with E-state index in [1.54, 1.807) is 11.3 Å². The van der Waals surface area contributed by atoms with Gasteiger partial charge in [-0.3, -0.25) is 0 Å². The summed E-state index contributed by atoms with van der Waals surface area (Å²) < 4.78 is 20.5. The van der Waals surface area contributed by atoms with Crippen molar-refractivity contribution in [2.45, 2.75) is 13.0 Å². The molecule has 0 amide bonds. The van der Waals surface area contributed by atoms with Gasteiger partial charge in [-0.05, 0) is 47.5 Å². The number of ether oxygens (including phenoxy) is 1. The van der Waals surface area contributed by atoms with Gasteiger partial charge in [0, 0.05) is 16.3 Å². The Morgan fingerprint density at radius 3 is 2.86 bits per heavy atom. The molecule has 0 aliphatic rings. The van der Waals surface area contributed by atoms with Gasteiger partial charge in [0.2, 0.25) is 0 Å². The van der Waals surface area contributed by atoms with E-state index in [0.29, 0.717) is 25.3 Å². The van der Waals surface area contributed by atoms with Crippen LogP contribution in [0.1, 0.15) is 11.1 Å². The molecule has 0 fully saturated rings. The van der Waals surface area contributed by atoms with Crippen LogP contribution in [0, 0.1) is 5.82 Å². The fourth-order valence-corrected chi connectivity index (χ4v) is 3.27. The van der Waals surface area contributed by atoms with E-state index >= 15 is 0 Å². The number of hydrogen-bond donors (Lipinski definition) is 1. The summed E-state index contributed by atoms with van der Waals surface area (Å²) in [6.07, 6.45) is 0.648. The summed E-state index contributed by atoms with van der Waals surface area (Å²) >= 11 is 1.69. The van der Waals surface area contributed by atoms with Crippen LogP contribution in [-0.4, -0.2) is 6.54 Å². The molecule has 0 aliphatic carbocycles. The summed E-state index contributed by atoms with van der Waals surface area (Å²) in [7, 11) is 0. The molecule has 21 heavy (non-hydrogen) atoms. The maximum Gasteiger partial charge on any atom is 0.127 e. The number of benzene rings is 2. The van der Waals surface area contributed by atoms with Gasteiger partial charge in [-0.2, -0.15) is 0 Å². The van der Waals surface area contributed by atoms with Crippen LogP contribution in [0.25, 0.3) is 10.1 Å². The molecule has 4 heteroatoms. The molecule has 108 valence electrons. The van der Waals surface area contributed by atoms with Crippen molar-refractivity contribution < 1.29 is 9.13 Å². The molecule has 0 saturated heterocycles. The highest BCUT2D eigenvalue weighted by Crippen LogP contribution is 2.27. The minimum absolute atomic E-state index is 0.286. The number of halogens is 1. The van der Waals surface area contributed by atoms with Crippen molar-refractivity contribution >= 4 is 21.4 Å². The molecule has 0 radical (unpaired) electrons. The topological polar surface area (TPSA) is 35.2 Å². The average Bonchev–Trinajstić information content (AvgIpc) is 2.88. The second kappa shape index (κ2) is 6.24. The van der Waals surface area contributed by atoms with Crippen molar-refractivity contribution in [1.82, 2.24) is 0 Å². The molecule has 3 rings (SSSR count). The molecule has 0 atom stereocenters. The molecule has 1 heterocycles. The van der Waals surface area contributed by atoms with Crippen LogP contribution < -0.4 is 10.5 Å². The molecular weight excluding hydrogens is 285 g/mol. The molecule has 0 aliphatic heterocycles. The van der Waals surface area contributed by atoms with E-state index in [1.807, 2.05) is 18.2 Å². The van der Waals surface area contributed by atoms with Crippen molar-refractivity contribution in [3.8, 4) is 5.75 Å². The quantitative estimate of drug-likeness (QED) is 0.769. The van der Waals surface area contributed by atoms with Crippen LogP contribution in [0.5, 0.6) is 5.75 Å². The lowest BCUT2D eigenvalue weighted by Crippen LogP contribution is -2.03. The first-order chi connectivity index (χ1) is 10.3. The van der Waals surface area contributed by atoms with Crippen molar-refractivity contribution in [2.24, 2.45) is 5.73 Å². The summed E-state index contributed by atoms with van der Waals surface area (Å²) in [6.45, 7) is 0.938. The molecule has 1 aromatic heterocycles. The van der Waals surface area contributed by atoms with E-state index < -0.39 is 0 Å². The number of rotatable bonds is 5. The smallest absolute Gasteiger partial charge is 0.127 e. The Kier molecular flexibility index (Phi) is 4.18. The molecule has 0 bridgehead atoms. The predicted molar refractivity (Wildman–Crippen MR) is 85.3 cm³/mol. The maximum atomic E-state index is 13.6. The summed E-state index contributed by atoms with van der Waals surface area (Å²) in [5.41, 5.74) is 7.50. The van der Waals surface area contributed by atoms with Gasteiger partial charge in [-0.15, -0.1) is 11.3 Å². The minimum atomic E-state index is -0.286. The van der Waals surface area contributed by atoms with Gasteiger partial charge in [0.15, 0.2) is 0 Å². The molecule has 2 aromatic carbocycles. The maximum absolute atomic E-state index is 13.6. The lowest BCUT2D eigenvalue weighted by Gasteiger charge is -2.08. The summed E-state index contributed by atoms with van der Waals surface area (Å²) in [5.74, 6) is 0.264. The van der Waals surface area contributed by atoms with Crippen LogP contribution in [0.3, 0.4) is 0 Å². The van der Waals surface area contributed by atoms with Gasteiger partial charge in [-0.1, -0.05) is 18.2 Å². The van der Waals surface area contributed by atoms with Gasteiger partial charge in [-0.25, -0.2) is 4.39 Å². The zero-order valence-corrected chi connectivity index (χ0v) is 12.3. The van der Waals surface area contributed by atoms with Gasteiger partial charge >= 0.3 is 0 Å². The van der Waals surface area contributed by atoms with Gasteiger partial charge in [0.25, 0.3) is 0 Å². The Morgan fingerprint density at radius 2 is 2.00 bits per heavy atom. The van der Waals surface area contributed by atoms with Crippen LogP contribution in [0.4, 0.5) is 4.39 Å². The number of hydrogen-bond acceptors (Lipinski definition) is 3. The first-order valence-electron chi connectivity index (χ1n) is 6.84. The highest BCUT2D eigenvalue weighted by molar-refractivity contribution is 7.17. The third-order valence-electron chi connectivity index (χ3n) is 3.32. The summed E-state index contributed by atoms with van der Waals surface area (Å²) in [6, 6.07) is 13.0. The van der Waals surface area contributed by atoms with E-state index in [0.717, 1.165) is 11.1 Å². The summed E-state index contributed by atoms with van der Waals surface area (Å²) in [4.78, 5) is 0. The lowest BCUT2D eigenvalue weighted by molar-refractivity contribution is 0.306. The van der Waals surface area contributed by atoms with Crippen LogP contribution >= 0.6 is 11.3 Å². The van der Waals surface area contributed by atoms with E-state index in [1.165, 1.54) is 22.2 Å². The second-order valence-corrected chi connectivity index (χ2v) is 5.79. The van der Waals surface area contributed by atoms with Crippen LogP contribution in [0.2, 0.25) is 0 Å². The largest absolute Gasteiger partial charge is 0.489 e. The highest BCUT2D eigenvalue weighted by Gasteiger charge is 2.06. The number of fused-ring (bicyclic) bond motifs is 1. The van der Waals surface area contributed by atoms with Crippen molar-refractivity contribution in [3.05, 3.63) is 64.8 Å². The van der Waals surface area contributed by atoms with E-state index in [2.05, 4.69) is 17.5 Å². The molecule has 2 N–H and O–H groups in total. The van der Waals surface area contributed by atoms with Gasteiger partial charge < -0.3 is 10.5 Å². The summed E-state index contributed by atoms with van der Waals surface area (Å²) in [5, 5.41) is 3.28. The average molecular weight is 301 g/mol. The Bertz CT molecular complexity index is 753. The van der Waals surface area contributed by atoms with Gasteiger partial charge in [0.05, 0.1) is 0 Å². The van der Waals surface area contributed by atoms with E-state index in [4.69, 9.17) is 10.5 Å². The third-order valence-corrected chi connectivity index (χ3v) is 4.33. The lowest BCUT2D eigenvalue weighted by atomic mass is 10.1. The molecule has 0 spiro atoms. The van der Waals surface area contributed by atoms with E-state index in [9.17, 15) is 4.39 Å². The fraction of sp³-hybridized carbons (Fsp3) is 0.176. The molecule has 0 saturated carbocycles. The number of nitrogens with two attached hydrogens (primary N) is 1. The van der Waals surface area contributed by atoms with Crippen molar-refractivity contribution in [2.75, 3.05) is 6.54 Å². The predicted octanol–water partition coefficient (Wildman–Crippen LogP) is 4.12. The first-order valence-corrected chi connectivity index (χ1v) is 7.71. The Labute approximate surface area is 127 Å². The van der Waals surface area contributed by atoms with E-state index in [-0.39, 0.29) is 5.82 Å². The standard InChI is InChI=1S/C17H16FNOS/c18-14-7-12(5-6-19)8-15(9-14)20-10-13-11-21-17-4-2-1-3-16(13)17/h1-4,7-9,11H,5-6,10,19H2. The molecule has 3 aromatic rings. The first kappa shape index (κ1) is 14.0. The molecular formula is C17H16FNOS. The Balaban J connectivity index is 1.78. The normalized spacial score (nSPS) is 11.0. The van der Waals surface area contributed by atoms with Crippen molar-refractivity contribution in [1.29, 1.82) is 0 Å². The Morgan fingerprint density at radius 1 is 1.14 bits per heavy atom. The second-order valence-electron chi connectivity index (χ2n) is 4.88. The minimum Gasteiger partial charge on any atom is -0.489 e. The third kappa shape index (κ3) is 3.23. The molecule has 2 nitrogen and oxygen atoms in total. The number of thiophene rings is 1. The van der Waals surface area contributed by atoms with Crippen LogP contribution in [-0.2, 0) is 13.0 Å². The Hall–Kier alpha value is -1.91. The zero-order chi connectivity index (χ0) is 14.7. The monoisotopic (exact) mass is 301 g/mol. The van der Waals surface area contributed by atoms with Gasteiger partial charge in [0.1, 0.15) is 18.2 Å². The SMILES string of the molecule is NCCc1cc(F)cc(OCc2csc3ccccc23)c1.